The molecule has 0 bridgehead atoms. The molecule has 0 aliphatic carbocycles. The van der Waals surface area contributed by atoms with Gasteiger partial charge in [0.05, 0.1) is 0 Å². The van der Waals surface area contributed by atoms with Gasteiger partial charge in [0.2, 0.25) is 0 Å². The highest BCUT2D eigenvalue weighted by molar-refractivity contribution is 5.80. The lowest BCUT2D eigenvalue weighted by Crippen LogP contribution is -2.35. The number of rotatable bonds is 9. The van der Waals surface area contributed by atoms with Crippen molar-refractivity contribution in [3.8, 4) is 0 Å². The predicted octanol–water partition coefficient (Wildman–Crippen LogP) is 2.73. The zero-order valence-electron chi connectivity index (χ0n) is 11.9. The Labute approximate surface area is 105 Å². The molecule has 1 atom stereocenters. The standard InChI is InChI=1S/C14H27NO2/c1-10(2)14(17)9-8-13(15-11(3)4)7-6-12(5)16/h10-11,13,15H,6-9H2,1-5H3/t13-/m1/s1. The van der Waals surface area contributed by atoms with Gasteiger partial charge in [-0.05, 0) is 19.8 Å². The Morgan fingerprint density at radius 1 is 1.00 bits per heavy atom. The van der Waals surface area contributed by atoms with Crippen LogP contribution in [-0.4, -0.2) is 23.7 Å². The molecule has 3 heteroatoms. The van der Waals surface area contributed by atoms with Crippen LogP contribution in [0.5, 0.6) is 0 Å². The van der Waals surface area contributed by atoms with E-state index in [1.807, 2.05) is 13.8 Å². The summed E-state index contributed by atoms with van der Waals surface area (Å²) in [5, 5.41) is 3.43. The number of carbonyl (C=O) groups is 2. The molecule has 1 N–H and O–H groups in total. The minimum absolute atomic E-state index is 0.113. The van der Waals surface area contributed by atoms with Crippen molar-refractivity contribution in [1.82, 2.24) is 5.32 Å². The van der Waals surface area contributed by atoms with Gasteiger partial charge in [0.25, 0.3) is 0 Å². The molecule has 3 nitrogen and oxygen atoms in total. The van der Waals surface area contributed by atoms with Crippen LogP contribution < -0.4 is 5.32 Å². The van der Waals surface area contributed by atoms with Crippen molar-refractivity contribution in [2.24, 2.45) is 5.92 Å². The Morgan fingerprint density at radius 2 is 1.53 bits per heavy atom. The van der Waals surface area contributed by atoms with E-state index in [2.05, 4.69) is 19.2 Å². The Kier molecular flexibility index (Phi) is 8.05. The molecule has 0 aliphatic rings. The van der Waals surface area contributed by atoms with E-state index in [1.165, 1.54) is 0 Å². The van der Waals surface area contributed by atoms with Gasteiger partial charge in [-0.15, -0.1) is 0 Å². The zero-order valence-corrected chi connectivity index (χ0v) is 11.9. The second kappa shape index (κ2) is 8.40. The molecule has 0 heterocycles. The van der Waals surface area contributed by atoms with Gasteiger partial charge in [0, 0.05) is 30.8 Å². The summed E-state index contributed by atoms with van der Waals surface area (Å²) in [5.41, 5.74) is 0. The highest BCUT2D eigenvalue weighted by Gasteiger charge is 2.14. The maximum Gasteiger partial charge on any atom is 0.135 e. The molecule has 0 amide bonds. The van der Waals surface area contributed by atoms with Gasteiger partial charge in [-0.3, -0.25) is 4.79 Å². The number of hydrogen-bond donors (Lipinski definition) is 1. The minimum atomic E-state index is 0.113. The van der Waals surface area contributed by atoms with Gasteiger partial charge in [0.15, 0.2) is 0 Å². The Morgan fingerprint density at radius 3 is 1.94 bits per heavy atom. The van der Waals surface area contributed by atoms with Crippen molar-refractivity contribution < 1.29 is 9.59 Å². The van der Waals surface area contributed by atoms with Crippen molar-refractivity contribution in [3.05, 3.63) is 0 Å². The monoisotopic (exact) mass is 241 g/mol. The van der Waals surface area contributed by atoms with Gasteiger partial charge < -0.3 is 10.1 Å². The maximum absolute atomic E-state index is 11.6. The van der Waals surface area contributed by atoms with E-state index in [4.69, 9.17) is 0 Å². The molecular formula is C14H27NO2. The van der Waals surface area contributed by atoms with Crippen molar-refractivity contribution in [1.29, 1.82) is 0 Å². The van der Waals surface area contributed by atoms with E-state index in [9.17, 15) is 9.59 Å². The normalized spacial score (nSPS) is 13.1. The third-order valence-corrected chi connectivity index (χ3v) is 2.80. The molecule has 0 aromatic rings. The smallest absolute Gasteiger partial charge is 0.135 e. The fourth-order valence-corrected chi connectivity index (χ4v) is 1.77. The molecular weight excluding hydrogens is 214 g/mol. The first-order chi connectivity index (χ1) is 7.82. The van der Waals surface area contributed by atoms with Gasteiger partial charge in [-0.25, -0.2) is 0 Å². The maximum atomic E-state index is 11.6. The number of hydrogen-bond acceptors (Lipinski definition) is 3. The van der Waals surface area contributed by atoms with Crippen molar-refractivity contribution >= 4 is 11.6 Å². The first-order valence-corrected chi connectivity index (χ1v) is 6.61. The van der Waals surface area contributed by atoms with Crippen LogP contribution in [0.15, 0.2) is 0 Å². The summed E-state index contributed by atoms with van der Waals surface area (Å²) in [6, 6.07) is 0.669. The lowest BCUT2D eigenvalue weighted by Gasteiger charge is -2.21. The fourth-order valence-electron chi connectivity index (χ4n) is 1.77. The lowest BCUT2D eigenvalue weighted by atomic mass is 9.98. The molecule has 0 aromatic carbocycles. The van der Waals surface area contributed by atoms with Crippen LogP contribution in [0.3, 0.4) is 0 Å². The third kappa shape index (κ3) is 9.04. The molecule has 0 fully saturated rings. The van der Waals surface area contributed by atoms with E-state index in [0.717, 1.165) is 12.8 Å². The van der Waals surface area contributed by atoms with Gasteiger partial charge >= 0.3 is 0 Å². The van der Waals surface area contributed by atoms with E-state index in [1.54, 1.807) is 6.92 Å². The molecule has 0 radical (unpaired) electrons. The molecule has 0 aromatic heterocycles. The fraction of sp³-hybridized carbons (Fsp3) is 0.857. The van der Waals surface area contributed by atoms with Crippen LogP contribution in [0.4, 0.5) is 0 Å². The van der Waals surface area contributed by atoms with Gasteiger partial charge in [0.1, 0.15) is 11.6 Å². The summed E-state index contributed by atoms with van der Waals surface area (Å²) >= 11 is 0. The summed E-state index contributed by atoms with van der Waals surface area (Å²) in [5.74, 6) is 0.640. The summed E-state index contributed by atoms with van der Waals surface area (Å²) in [6.07, 6.45) is 2.88. The Bertz CT molecular complexity index is 247. The first kappa shape index (κ1) is 16.3. The number of Topliss-reactive ketones (excluding diaryl/α,β-unsaturated/α-hetero) is 2. The summed E-state index contributed by atoms with van der Waals surface area (Å²) in [6.45, 7) is 9.66. The quantitative estimate of drug-likeness (QED) is 0.675. The van der Waals surface area contributed by atoms with E-state index >= 15 is 0 Å². The second-order valence-corrected chi connectivity index (χ2v) is 5.42. The van der Waals surface area contributed by atoms with Crippen LogP contribution in [0.25, 0.3) is 0 Å². The molecule has 0 saturated heterocycles. The zero-order chi connectivity index (χ0) is 13.4. The van der Waals surface area contributed by atoms with Crippen molar-refractivity contribution in [2.45, 2.75) is 72.4 Å². The van der Waals surface area contributed by atoms with Gasteiger partial charge in [-0.1, -0.05) is 27.7 Å². The van der Waals surface area contributed by atoms with E-state index in [-0.39, 0.29) is 17.7 Å². The molecule has 0 rings (SSSR count). The van der Waals surface area contributed by atoms with Crippen molar-refractivity contribution in [2.75, 3.05) is 0 Å². The van der Waals surface area contributed by atoms with Crippen LogP contribution in [0, 0.1) is 5.92 Å². The highest BCUT2D eigenvalue weighted by atomic mass is 16.1. The van der Waals surface area contributed by atoms with Gasteiger partial charge in [-0.2, -0.15) is 0 Å². The van der Waals surface area contributed by atoms with Crippen LogP contribution in [0.1, 0.15) is 60.3 Å². The summed E-state index contributed by atoms with van der Waals surface area (Å²) in [7, 11) is 0. The summed E-state index contributed by atoms with van der Waals surface area (Å²) < 4.78 is 0. The Hall–Kier alpha value is -0.700. The number of nitrogens with one attached hydrogen (secondary N) is 1. The Balaban J connectivity index is 4.09. The third-order valence-electron chi connectivity index (χ3n) is 2.80. The first-order valence-electron chi connectivity index (χ1n) is 6.61. The predicted molar refractivity (Wildman–Crippen MR) is 71.1 cm³/mol. The minimum Gasteiger partial charge on any atom is -0.312 e. The molecule has 0 aliphatic heterocycles. The topological polar surface area (TPSA) is 46.2 Å². The number of ketones is 2. The second-order valence-electron chi connectivity index (χ2n) is 5.42. The molecule has 17 heavy (non-hydrogen) atoms. The lowest BCUT2D eigenvalue weighted by molar-refractivity contribution is -0.122. The molecule has 0 spiro atoms. The van der Waals surface area contributed by atoms with E-state index < -0.39 is 0 Å². The number of carbonyl (C=O) groups excluding carboxylic acids is 2. The van der Waals surface area contributed by atoms with Crippen LogP contribution >= 0.6 is 0 Å². The van der Waals surface area contributed by atoms with Crippen LogP contribution in [-0.2, 0) is 9.59 Å². The SMILES string of the molecule is CC(=O)CC[C@H](CCC(=O)C(C)C)NC(C)C. The molecule has 100 valence electrons. The average Bonchev–Trinajstić information content (AvgIpc) is 2.20. The average molecular weight is 241 g/mol. The largest absolute Gasteiger partial charge is 0.312 e. The molecule has 0 unspecified atom stereocenters. The van der Waals surface area contributed by atoms with Crippen LogP contribution in [0.2, 0.25) is 0 Å². The molecule has 0 saturated carbocycles. The van der Waals surface area contributed by atoms with E-state index in [0.29, 0.717) is 24.7 Å². The highest BCUT2D eigenvalue weighted by Crippen LogP contribution is 2.10. The van der Waals surface area contributed by atoms with Crippen molar-refractivity contribution in [3.63, 3.8) is 0 Å². The summed E-state index contributed by atoms with van der Waals surface area (Å²) in [4.78, 5) is 22.6.